The van der Waals surface area contributed by atoms with Crippen molar-refractivity contribution >= 4 is 45.9 Å². The van der Waals surface area contributed by atoms with E-state index in [0.29, 0.717) is 72.2 Å². The van der Waals surface area contributed by atoms with Crippen LogP contribution < -0.4 is 10.5 Å². The van der Waals surface area contributed by atoms with Gasteiger partial charge in [-0.2, -0.15) is 5.26 Å². The molecule has 12 heteroatoms. The fourth-order valence-electron chi connectivity index (χ4n) is 6.37. The van der Waals surface area contributed by atoms with Gasteiger partial charge in [0.1, 0.15) is 23.3 Å². The van der Waals surface area contributed by atoms with Crippen LogP contribution >= 0.6 is 23.4 Å². The van der Waals surface area contributed by atoms with Crippen molar-refractivity contribution < 1.29 is 18.3 Å². The lowest BCUT2D eigenvalue weighted by Gasteiger charge is -2.42. The molecule has 8 nitrogen and oxygen atoms in total. The number of morpholine rings is 1. The number of benzene rings is 2. The number of nitrogens with zero attached hydrogens (tertiary/aromatic N) is 5. The Bertz CT molecular complexity index is 1690. The molecule has 3 aliphatic rings. The van der Waals surface area contributed by atoms with Gasteiger partial charge in [-0.15, -0.1) is 11.8 Å². The van der Waals surface area contributed by atoms with Crippen molar-refractivity contribution in [1.82, 2.24) is 14.4 Å². The van der Waals surface area contributed by atoms with E-state index in [4.69, 9.17) is 16.3 Å². The molecule has 2 aromatic carbocycles. The highest BCUT2D eigenvalue weighted by Gasteiger charge is 2.36. The number of anilines is 1. The van der Waals surface area contributed by atoms with Crippen molar-refractivity contribution in [3.8, 4) is 17.2 Å². The first-order valence-electron chi connectivity index (χ1n) is 13.9. The number of nitriles is 1. The molecule has 3 aliphatic heterocycles. The molecule has 0 saturated carbocycles. The summed E-state index contributed by atoms with van der Waals surface area (Å²) in [5, 5.41) is 11.3. The van der Waals surface area contributed by atoms with Gasteiger partial charge < -0.3 is 19.1 Å². The predicted octanol–water partition coefficient (Wildman–Crippen LogP) is 4.51. The zero-order valence-electron chi connectivity index (χ0n) is 23.3. The summed E-state index contributed by atoms with van der Waals surface area (Å²) in [5.41, 5.74) is 1.22. The van der Waals surface area contributed by atoms with Crippen molar-refractivity contribution in [2.24, 2.45) is 0 Å². The maximum absolute atomic E-state index is 15.2. The molecule has 220 valence electrons. The van der Waals surface area contributed by atoms with Crippen molar-refractivity contribution in [2.75, 3.05) is 63.1 Å². The third kappa shape index (κ3) is 4.94. The van der Waals surface area contributed by atoms with Crippen LogP contribution in [-0.4, -0.2) is 84.6 Å². The molecule has 0 N–H and O–H groups in total. The first-order valence-corrected chi connectivity index (χ1v) is 15.3. The summed E-state index contributed by atoms with van der Waals surface area (Å²) in [4.78, 5) is 33.0. The van der Waals surface area contributed by atoms with Crippen LogP contribution in [0.3, 0.4) is 0 Å². The maximum Gasteiger partial charge on any atom is 0.271 e. The van der Waals surface area contributed by atoms with Crippen LogP contribution in [0.15, 0.2) is 34.0 Å². The SMILES string of the molecule is CC(=O)N1CCN(c2c(C#N)c(=O)n3c4c(c(-c5ccc(F)cc5F)c(Cl)cc24)SCC3CN2CCOCC2)[C@@H](C)C1. The van der Waals surface area contributed by atoms with Gasteiger partial charge >= 0.3 is 0 Å². The number of halogens is 3. The van der Waals surface area contributed by atoms with E-state index in [1.54, 1.807) is 15.5 Å². The number of carbonyl (C=O) groups is 1. The van der Waals surface area contributed by atoms with Crippen LogP contribution in [0.2, 0.25) is 5.02 Å². The minimum atomic E-state index is -0.750. The molecule has 2 fully saturated rings. The second-order valence-electron chi connectivity index (χ2n) is 11.0. The second-order valence-corrected chi connectivity index (χ2v) is 12.4. The summed E-state index contributed by atoms with van der Waals surface area (Å²) < 4.78 is 36.2. The number of hydrogen-bond acceptors (Lipinski definition) is 7. The lowest BCUT2D eigenvalue weighted by atomic mass is 9.98. The lowest BCUT2D eigenvalue weighted by Crippen LogP contribution is -2.54. The van der Waals surface area contributed by atoms with E-state index in [0.717, 1.165) is 19.2 Å². The monoisotopic (exact) mass is 613 g/mol. The second kappa shape index (κ2) is 11.5. The van der Waals surface area contributed by atoms with Crippen LogP contribution in [0.1, 0.15) is 25.5 Å². The highest BCUT2D eigenvalue weighted by molar-refractivity contribution is 7.99. The van der Waals surface area contributed by atoms with Crippen molar-refractivity contribution in [3.63, 3.8) is 0 Å². The van der Waals surface area contributed by atoms with Gasteiger partial charge in [0.15, 0.2) is 0 Å². The number of piperazine rings is 1. The topological polar surface area (TPSA) is 81.8 Å². The van der Waals surface area contributed by atoms with Crippen LogP contribution in [0.25, 0.3) is 22.0 Å². The Kier molecular flexibility index (Phi) is 7.91. The van der Waals surface area contributed by atoms with Crippen molar-refractivity contribution in [1.29, 1.82) is 5.26 Å². The van der Waals surface area contributed by atoms with Gasteiger partial charge in [-0.05, 0) is 25.1 Å². The van der Waals surface area contributed by atoms with E-state index in [9.17, 15) is 19.2 Å². The van der Waals surface area contributed by atoms with Gasteiger partial charge in [0.25, 0.3) is 5.56 Å². The first kappa shape index (κ1) is 28.9. The fraction of sp³-hybridized carbons (Fsp3) is 0.433. The third-order valence-electron chi connectivity index (χ3n) is 8.40. The quantitative estimate of drug-likeness (QED) is 0.428. The van der Waals surface area contributed by atoms with Crippen LogP contribution in [0.4, 0.5) is 14.5 Å². The van der Waals surface area contributed by atoms with Crippen LogP contribution in [-0.2, 0) is 9.53 Å². The molecule has 3 aromatic rings. The van der Waals surface area contributed by atoms with E-state index < -0.39 is 17.2 Å². The van der Waals surface area contributed by atoms with Crippen molar-refractivity contribution in [3.05, 3.63) is 56.8 Å². The Morgan fingerprint density at radius 1 is 1.19 bits per heavy atom. The Morgan fingerprint density at radius 3 is 2.62 bits per heavy atom. The average Bonchev–Trinajstić information content (AvgIpc) is 2.96. The van der Waals surface area contributed by atoms with Gasteiger partial charge in [0.05, 0.1) is 35.5 Å². The molecule has 42 heavy (non-hydrogen) atoms. The Labute approximate surface area is 251 Å². The molecule has 0 spiro atoms. The Hall–Kier alpha value is -3.17. The highest BCUT2D eigenvalue weighted by atomic mass is 35.5. The molecule has 2 atom stereocenters. The molecule has 1 unspecified atom stereocenters. The standard InChI is InChI=1S/C30H30ClF2N5O3S/c1-17-14-36(18(2)39)5-6-37(17)27-22-12-24(31)26(21-4-3-19(32)11-25(21)33)29-28(22)38(30(40)23(27)13-34)20(16-42-29)15-35-7-9-41-10-8-35/h3-4,11-12,17,20H,5-10,14-16H2,1-2H3/t17-,20?/m0/s1. The molecule has 4 heterocycles. The Balaban J connectivity index is 1.62. The molecular weight excluding hydrogens is 584 g/mol. The first-order chi connectivity index (χ1) is 20.2. The van der Waals surface area contributed by atoms with Gasteiger partial charge in [-0.3, -0.25) is 14.5 Å². The molecular formula is C30H30ClF2N5O3S. The zero-order chi connectivity index (χ0) is 29.7. The number of hydrogen-bond donors (Lipinski definition) is 0. The van der Waals surface area contributed by atoms with Crippen LogP contribution in [0, 0.1) is 23.0 Å². The minimum absolute atomic E-state index is 0.0206. The molecule has 0 radical (unpaired) electrons. The molecule has 0 bridgehead atoms. The van der Waals surface area contributed by atoms with E-state index in [1.165, 1.54) is 30.8 Å². The smallest absolute Gasteiger partial charge is 0.271 e. The number of rotatable bonds is 4. The fourth-order valence-corrected chi connectivity index (χ4v) is 8.06. The van der Waals surface area contributed by atoms with Gasteiger partial charge in [0, 0.05) is 85.5 Å². The molecule has 0 aliphatic carbocycles. The predicted molar refractivity (Wildman–Crippen MR) is 159 cm³/mol. The number of amides is 1. The lowest BCUT2D eigenvalue weighted by molar-refractivity contribution is -0.129. The van der Waals surface area contributed by atoms with Crippen LogP contribution in [0.5, 0.6) is 0 Å². The minimum Gasteiger partial charge on any atom is -0.379 e. The molecule has 2 saturated heterocycles. The van der Waals surface area contributed by atoms with E-state index >= 15 is 4.39 Å². The normalized spacial score (nSPS) is 21.0. The number of aromatic nitrogens is 1. The van der Waals surface area contributed by atoms with E-state index in [-0.39, 0.29) is 34.1 Å². The Morgan fingerprint density at radius 2 is 1.95 bits per heavy atom. The summed E-state index contributed by atoms with van der Waals surface area (Å²) in [6.07, 6.45) is 0. The number of thioether (sulfide) groups is 1. The summed E-state index contributed by atoms with van der Waals surface area (Å²) in [6.45, 7) is 8.08. The van der Waals surface area contributed by atoms with Gasteiger partial charge in [-0.1, -0.05) is 11.6 Å². The largest absolute Gasteiger partial charge is 0.379 e. The van der Waals surface area contributed by atoms with E-state index in [2.05, 4.69) is 11.0 Å². The number of carbonyl (C=O) groups excluding carboxylic acids is 1. The summed E-state index contributed by atoms with van der Waals surface area (Å²) in [5.74, 6) is -0.972. The highest BCUT2D eigenvalue weighted by Crippen LogP contribution is 2.49. The number of pyridine rings is 1. The summed E-state index contributed by atoms with van der Waals surface area (Å²) >= 11 is 8.40. The molecule has 1 amide bonds. The molecule has 1 aromatic heterocycles. The van der Waals surface area contributed by atoms with Crippen molar-refractivity contribution in [2.45, 2.75) is 30.8 Å². The number of ether oxygens (including phenoxy) is 1. The average molecular weight is 614 g/mol. The maximum atomic E-state index is 15.2. The van der Waals surface area contributed by atoms with Gasteiger partial charge in [-0.25, -0.2) is 8.78 Å². The third-order valence-corrected chi connectivity index (χ3v) is 9.94. The van der Waals surface area contributed by atoms with E-state index in [1.807, 2.05) is 11.8 Å². The van der Waals surface area contributed by atoms with Gasteiger partial charge in [0.2, 0.25) is 5.91 Å². The molecule has 6 rings (SSSR count). The summed E-state index contributed by atoms with van der Waals surface area (Å²) in [6, 6.07) is 6.84. The summed E-state index contributed by atoms with van der Waals surface area (Å²) in [7, 11) is 0. The zero-order valence-corrected chi connectivity index (χ0v) is 24.9.